The number of para-hydroxylation sites is 1. The van der Waals surface area contributed by atoms with Crippen LogP contribution in [0.2, 0.25) is 0 Å². The fraction of sp³-hybridized carbons (Fsp3) is 0.286. The van der Waals surface area contributed by atoms with Crippen LogP contribution in [0.5, 0.6) is 11.5 Å². The molecular formula is C21H24N2O2. The van der Waals surface area contributed by atoms with Gasteiger partial charge in [-0.05, 0) is 41.8 Å². The van der Waals surface area contributed by atoms with E-state index in [1.165, 1.54) is 11.1 Å². The fourth-order valence-electron chi connectivity index (χ4n) is 2.72. The maximum absolute atomic E-state index is 6.02. The van der Waals surface area contributed by atoms with Gasteiger partial charge >= 0.3 is 0 Å². The van der Waals surface area contributed by atoms with E-state index in [-0.39, 0.29) is 0 Å². The van der Waals surface area contributed by atoms with Crippen molar-refractivity contribution in [3.8, 4) is 11.5 Å². The van der Waals surface area contributed by atoms with Crippen molar-refractivity contribution in [2.45, 2.75) is 26.3 Å². The second-order valence-electron chi connectivity index (χ2n) is 5.91. The molecule has 130 valence electrons. The van der Waals surface area contributed by atoms with Crippen LogP contribution in [0.4, 0.5) is 0 Å². The Morgan fingerprint density at radius 2 is 1.80 bits per heavy atom. The number of nitrogens with zero attached hydrogens (tertiary/aromatic N) is 2. The lowest BCUT2D eigenvalue weighted by Crippen LogP contribution is -2.10. The van der Waals surface area contributed by atoms with Gasteiger partial charge in [0.25, 0.3) is 0 Å². The highest BCUT2D eigenvalue weighted by atomic mass is 16.5. The number of ether oxygens (including phenoxy) is 2. The van der Waals surface area contributed by atoms with Crippen molar-refractivity contribution in [2.75, 3.05) is 13.2 Å². The zero-order chi connectivity index (χ0) is 17.3. The molecular weight excluding hydrogens is 312 g/mol. The molecule has 0 atom stereocenters. The largest absolute Gasteiger partial charge is 0.490 e. The quantitative estimate of drug-likeness (QED) is 0.545. The molecule has 4 heteroatoms. The van der Waals surface area contributed by atoms with Crippen molar-refractivity contribution in [3.05, 3.63) is 78.1 Å². The number of benzene rings is 2. The lowest BCUT2D eigenvalue weighted by molar-refractivity contribution is 0.215. The normalized spacial score (nSPS) is 10.6. The van der Waals surface area contributed by atoms with Gasteiger partial charge < -0.3 is 9.47 Å². The van der Waals surface area contributed by atoms with Crippen LogP contribution in [-0.2, 0) is 13.0 Å². The van der Waals surface area contributed by atoms with E-state index in [0.717, 1.165) is 30.9 Å². The Morgan fingerprint density at radius 1 is 0.960 bits per heavy atom. The minimum absolute atomic E-state index is 0.525. The number of hydrogen-bond donors (Lipinski definition) is 0. The van der Waals surface area contributed by atoms with Crippen LogP contribution < -0.4 is 9.47 Å². The van der Waals surface area contributed by atoms with Crippen molar-refractivity contribution in [1.82, 2.24) is 9.78 Å². The molecule has 0 unspecified atom stereocenters. The molecule has 0 fully saturated rings. The predicted molar refractivity (Wildman–Crippen MR) is 99.2 cm³/mol. The van der Waals surface area contributed by atoms with Crippen LogP contribution in [0.25, 0.3) is 0 Å². The van der Waals surface area contributed by atoms with Gasteiger partial charge in [0, 0.05) is 12.4 Å². The van der Waals surface area contributed by atoms with Crippen molar-refractivity contribution >= 4 is 0 Å². The van der Waals surface area contributed by atoms with Gasteiger partial charge in [-0.25, -0.2) is 0 Å². The zero-order valence-corrected chi connectivity index (χ0v) is 14.6. The molecule has 0 aliphatic carbocycles. The van der Waals surface area contributed by atoms with Crippen molar-refractivity contribution < 1.29 is 9.47 Å². The summed E-state index contributed by atoms with van der Waals surface area (Å²) in [4.78, 5) is 0. The molecule has 0 aliphatic heterocycles. The molecule has 0 N–H and O–H groups in total. The first-order valence-electron chi connectivity index (χ1n) is 8.75. The topological polar surface area (TPSA) is 36.3 Å². The maximum Gasteiger partial charge on any atom is 0.123 e. The van der Waals surface area contributed by atoms with Crippen LogP contribution in [0.15, 0.2) is 67.0 Å². The molecule has 1 aromatic heterocycles. The summed E-state index contributed by atoms with van der Waals surface area (Å²) >= 11 is 0. The van der Waals surface area contributed by atoms with E-state index in [1.807, 2.05) is 47.3 Å². The van der Waals surface area contributed by atoms with Gasteiger partial charge in [-0.15, -0.1) is 0 Å². The van der Waals surface area contributed by atoms with Crippen LogP contribution in [0.3, 0.4) is 0 Å². The molecule has 0 spiro atoms. The Labute approximate surface area is 149 Å². The van der Waals surface area contributed by atoms with E-state index in [2.05, 4.69) is 30.2 Å². The molecule has 25 heavy (non-hydrogen) atoms. The Balaban J connectivity index is 1.60. The summed E-state index contributed by atoms with van der Waals surface area (Å²) in [6.07, 6.45) is 5.87. The minimum atomic E-state index is 0.525. The first kappa shape index (κ1) is 17.1. The van der Waals surface area contributed by atoms with Gasteiger partial charge in [0.2, 0.25) is 0 Å². The summed E-state index contributed by atoms with van der Waals surface area (Å²) < 4.78 is 13.6. The highest BCUT2D eigenvalue weighted by molar-refractivity contribution is 5.38. The van der Waals surface area contributed by atoms with E-state index >= 15 is 0 Å². The standard InChI is InChI=1S/C21H24N2O2/c1-2-7-19-11-10-18(17-23-13-6-12-22-23)16-21(19)25-15-14-24-20-8-4-3-5-9-20/h3-6,8-13,16H,2,7,14-15,17H2,1H3. The molecule has 3 aromatic rings. The van der Waals surface area contributed by atoms with E-state index in [9.17, 15) is 0 Å². The third-order valence-electron chi connectivity index (χ3n) is 3.91. The molecule has 0 aliphatic rings. The number of rotatable bonds is 9. The van der Waals surface area contributed by atoms with Gasteiger partial charge in [0.05, 0.1) is 6.54 Å². The van der Waals surface area contributed by atoms with E-state index in [0.29, 0.717) is 13.2 Å². The fourth-order valence-corrected chi connectivity index (χ4v) is 2.72. The van der Waals surface area contributed by atoms with Crippen molar-refractivity contribution in [1.29, 1.82) is 0 Å². The average Bonchev–Trinajstić information content (AvgIpc) is 3.15. The second kappa shape index (κ2) is 8.92. The third-order valence-corrected chi connectivity index (χ3v) is 3.91. The summed E-state index contributed by atoms with van der Waals surface area (Å²) in [6.45, 7) is 3.98. The first-order valence-corrected chi connectivity index (χ1v) is 8.75. The van der Waals surface area contributed by atoms with Crippen LogP contribution in [-0.4, -0.2) is 23.0 Å². The second-order valence-corrected chi connectivity index (χ2v) is 5.91. The Kier molecular flexibility index (Phi) is 6.10. The summed E-state index contributed by atoms with van der Waals surface area (Å²) in [5, 5.41) is 4.26. The minimum Gasteiger partial charge on any atom is -0.490 e. The lowest BCUT2D eigenvalue weighted by Gasteiger charge is -2.14. The monoisotopic (exact) mass is 336 g/mol. The lowest BCUT2D eigenvalue weighted by atomic mass is 10.1. The predicted octanol–water partition coefficient (Wildman–Crippen LogP) is 4.34. The number of aromatic nitrogens is 2. The van der Waals surface area contributed by atoms with E-state index < -0.39 is 0 Å². The summed E-state index contributed by atoms with van der Waals surface area (Å²) in [7, 11) is 0. The zero-order valence-electron chi connectivity index (χ0n) is 14.6. The molecule has 3 rings (SSSR count). The molecule has 1 heterocycles. The Morgan fingerprint density at radius 3 is 2.56 bits per heavy atom. The van der Waals surface area contributed by atoms with Crippen LogP contribution in [0.1, 0.15) is 24.5 Å². The SMILES string of the molecule is CCCc1ccc(Cn2cccn2)cc1OCCOc1ccccc1. The van der Waals surface area contributed by atoms with Crippen LogP contribution >= 0.6 is 0 Å². The van der Waals surface area contributed by atoms with Gasteiger partial charge in [-0.2, -0.15) is 5.10 Å². The number of hydrogen-bond acceptors (Lipinski definition) is 3. The Bertz CT molecular complexity index is 755. The molecule has 0 saturated heterocycles. The number of aryl methyl sites for hydroxylation is 1. The molecule has 2 aromatic carbocycles. The summed E-state index contributed by atoms with van der Waals surface area (Å²) in [5.41, 5.74) is 2.42. The highest BCUT2D eigenvalue weighted by Crippen LogP contribution is 2.23. The van der Waals surface area contributed by atoms with Gasteiger partial charge in [0.15, 0.2) is 0 Å². The summed E-state index contributed by atoms with van der Waals surface area (Å²) in [6, 6.07) is 18.2. The molecule has 4 nitrogen and oxygen atoms in total. The van der Waals surface area contributed by atoms with Crippen LogP contribution in [0, 0.1) is 0 Å². The molecule has 0 bridgehead atoms. The smallest absolute Gasteiger partial charge is 0.123 e. The van der Waals surface area contributed by atoms with Gasteiger partial charge in [0.1, 0.15) is 24.7 Å². The summed E-state index contributed by atoms with van der Waals surface area (Å²) in [5.74, 6) is 1.82. The van der Waals surface area contributed by atoms with E-state index in [1.54, 1.807) is 6.20 Å². The third kappa shape index (κ3) is 5.11. The molecule has 0 radical (unpaired) electrons. The van der Waals surface area contributed by atoms with Gasteiger partial charge in [-0.3, -0.25) is 4.68 Å². The Hall–Kier alpha value is -2.75. The molecule has 0 saturated carbocycles. The highest BCUT2D eigenvalue weighted by Gasteiger charge is 2.06. The van der Waals surface area contributed by atoms with E-state index in [4.69, 9.17) is 9.47 Å². The maximum atomic E-state index is 6.02. The molecule has 0 amide bonds. The van der Waals surface area contributed by atoms with Gasteiger partial charge in [-0.1, -0.05) is 43.7 Å². The average molecular weight is 336 g/mol. The van der Waals surface area contributed by atoms with Crippen molar-refractivity contribution in [3.63, 3.8) is 0 Å². The van der Waals surface area contributed by atoms with Crippen molar-refractivity contribution in [2.24, 2.45) is 0 Å². The first-order chi connectivity index (χ1) is 12.3.